The first-order chi connectivity index (χ1) is 8.13. The van der Waals surface area contributed by atoms with Gasteiger partial charge in [-0.3, -0.25) is 0 Å². The van der Waals surface area contributed by atoms with Crippen LogP contribution in [0.2, 0.25) is 0 Å². The van der Waals surface area contributed by atoms with Crippen LogP contribution < -0.4 is 11.1 Å². The summed E-state index contributed by atoms with van der Waals surface area (Å²) in [6, 6.07) is 0. The molecule has 0 atom stereocenters. The second kappa shape index (κ2) is 5.01. The first-order valence-electron chi connectivity index (χ1n) is 5.72. The highest BCUT2D eigenvalue weighted by atomic mass is 32.1. The number of hydrogen-bond donors (Lipinski definition) is 3. The predicted octanol–water partition coefficient (Wildman–Crippen LogP) is 1.46. The molecule has 1 saturated carbocycles. The molecular formula is C11H18N4OS. The number of nitrogens with one attached hydrogen (secondary N) is 1. The Morgan fingerprint density at radius 2 is 2.47 bits per heavy atom. The van der Waals surface area contributed by atoms with Gasteiger partial charge in [0.15, 0.2) is 0 Å². The molecule has 0 unspecified atom stereocenters. The van der Waals surface area contributed by atoms with Crippen molar-refractivity contribution in [3.63, 3.8) is 0 Å². The van der Waals surface area contributed by atoms with Crippen molar-refractivity contribution < 1.29 is 5.21 Å². The van der Waals surface area contributed by atoms with E-state index in [4.69, 9.17) is 10.9 Å². The zero-order valence-electron chi connectivity index (χ0n) is 9.94. The average Bonchev–Trinajstić information content (AvgIpc) is 2.93. The molecule has 94 valence electrons. The third-order valence-electron chi connectivity index (χ3n) is 3.11. The van der Waals surface area contributed by atoms with Crippen molar-refractivity contribution in [2.24, 2.45) is 16.3 Å². The van der Waals surface area contributed by atoms with Crippen LogP contribution in [0.5, 0.6) is 0 Å². The van der Waals surface area contributed by atoms with E-state index in [9.17, 15) is 0 Å². The third-order valence-corrected chi connectivity index (χ3v) is 3.94. The first kappa shape index (κ1) is 12.3. The van der Waals surface area contributed by atoms with E-state index in [1.165, 1.54) is 0 Å². The Labute approximate surface area is 105 Å². The molecule has 1 aliphatic rings. The van der Waals surface area contributed by atoms with Crippen molar-refractivity contribution in [1.29, 1.82) is 0 Å². The van der Waals surface area contributed by atoms with Crippen molar-refractivity contribution in [2.75, 3.05) is 6.54 Å². The minimum absolute atomic E-state index is 0.210. The summed E-state index contributed by atoms with van der Waals surface area (Å²) in [7, 11) is 0. The smallest absolute Gasteiger partial charge is 0.139 e. The molecule has 1 aliphatic carbocycles. The van der Waals surface area contributed by atoms with Gasteiger partial charge in [-0.25, -0.2) is 4.98 Å². The first-order valence-corrected chi connectivity index (χ1v) is 6.60. The number of oxime groups is 1. The normalized spacial score (nSPS) is 18.3. The maximum Gasteiger partial charge on any atom is 0.139 e. The highest BCUT2D eigenvalue weighted by molar-refractivity contribution is 7.09. The second-order valence-corrected chi connectivity index (χ2v) is 5.79. The zero-order valence-corrected chi connectivity index (χ0v) is 10.8. The Kier molecular flexibility index (Phi) is 3.63. The molecule has 2 rings (SSSR count). The SMILES string of the molecule is Cc1nc(CNCC2(CC(N)=NO)CC2)cs1. The van der Waals surface area contributed by atoms with E-state index in [0.717, 1.165) is 36.6 Å². The van der Waals surface area contributed by atoms with Gasteiger partial charge >= 0.3 is 0 Å². The Morgan fingerprint density at radius 3 is 3.00 bits per heavy atom. The van der Waals surface area contributed by atoms with Crippen LogP contribution in [0.4, 0.5) is 0 Å². The number of hydrogen-bond acceptors (Lipinski definition) is 5. The molecule has 0 aliphatic heterocycles. The van der Waals surface area contributed by atoms with Crippen LogP contribution in [0.25, 0.3) is 0 Å². The number of nitrogens with two attached hydrogens (primary N) is 1. The largest absolute Gasteiger partial charge is 0.409 e. The lowest BCUT2D eigenvalue weighted by Gasteiger charge is -2.14. The Bertz CT molecular complexity index is 411. The Balaban J connectivity index is 1.75. The number of nitrogens with zero attached hydrogens (tertiary/aromatic N) is 2. The van der Waals surface area contributed by atoms with E-state index in [-0.39, 0.29) is 5.41 Å². The van der Waals surface area contributed by atoms with E-state index in [2.05, 4.69) is 20.8 Å². The Hall–Kier alpha value is -1.14. The van der Waals surface area contributed by atoms with E-state index >= 15 is 0 Å². The lowest BCUT2D eigenvalue weighted by Crippen LogP contribution is -2.28. The monoisotopic (exact) mass is 254 g/mol. The average molecular weight is 254 g/mol. The lowest BCUT2D eigenvalue weighted by molar-refractivity contribution is 0.314. The number of amidine groups is 1. The molecule has 1 aromatic heterocycles. The van der Waals surface area contributed by atoms with Crippen LogP contribution in [-0.4, -0.2) is 22.6 Å². The minimum atomic E-state index is 0.210. The fraction of sp³-hybridized carbons (Fsp3) is 0.636. The van der Waals surface area contributed by atoms with E-state index in [1.54, 1.807) is 11.3 Å². The standard InChI is InChI=1S/C11H18N4OS/c1-8-14-9(6-17-8)5-13-7-11(2-3-11)4-10(12)15-16/h6,13,16H,2-5,7H2,1H3,(H2,12,15). The zero-order chi connectivity index (χ0) is 12.3. The maximum atomic E-state index is 8.57. The molecule has 1 aromatic rings. The summed E-state index contributed by atoms with van der Waals surface area (Å²) in [4.78, 5) is 4.40. The van der Waals surface area contributed by atoms with Gasteiger partial charge < -0.3 is 16.3 Å². The molecule has 0 spiro atoms. The van der Waals surface area contributed by atoms with Crippen molar-refractivity contribution >= 4 is 17.2 Å². The van der Waals surface area contributed by atoms with Crippen molar-refractivity contribution in [1.82, 2.24) is 10.3 Å². The quantitative estimate of drug-likeness (QED) is 0.310. The highest BCUT2D eigenvalue weighted by Gasteiger charge is 2.42. The molecule has 4 N–H and O–H groups in total. The van der Waals surface area contributed by atoms with Crippen molar-refractivity contribution in [3.8, 4) is 0 Å². The van der Waals surface area contributed by atoms with Gasteiger partial charge in [0.25, 0.3) is 0 Å². The molecule has 0 saturated heterocycles. The van der Waals surface area contributed by atoms with Gasteiger partial charge in [-0.2, -0.15) is 0 Å². The van der Waals surface area contributed by atoms with Crippen LogP contribution in [0.1, 0.15) is 30.0 Å². The van der Waals surface area contributed by atoms with Crippen molar-refractivity contribution in [2.45, 2.75) is 32.7 Å². The lowest BCUT2D eigenvalue weighted by atomic mass is 10.0. The summed E-state index contributed by atoms with van der Waals surface area (Å²) in [5.41, 5.74) is 6.85. The van der Waals surface area contributed by atoms with E-state index in [0.29, 0.717) is 12.3 Å². The van der Waals surface area contributed by atoms with Crippen LogP contribution >= 0.6 is 11.3 Å². The molecular weight excluding hydrogens is 236 g/mol. The number of aryl methyl sites for hydroxylation is 1. The van der Waals surface area contributed by atoms with Gasteiger partial charge in [-0.15, -0.1) is 11.3 Å². The van der Waals surface area contributed by atoms with Crippen LogP contribution in [-0.2, 0) is 6.54 Å². The summed E-state index contributed by atoms with van der Waals surface area (Å²) < 4.78 is 0. The van der Waals surface area contributed by atoms with Gasteiger partial charge in [0.05, 0.1) is 10.7 Å². The summed E-state index contributed by atoms with van der Waals surface area (Å²) >= 11 is 1.67. The molecule has 0 amide bonds. The summed E-state index contributed by atoms with van der Waals surface area (Å²) in [5.74, 6) is 0.328. The summed E-state index contributed by atoms with van der Waals surface area (Å²) in [6.45, 7) is 3.71. The Morgan fingerprint density at radius 1 is 1.71 bits per heavy atom. The number of thiazole rings is 1. The van der Waals surface area contributed by atoms with Gasteiger partial charge in [-0.05, 0) is 25.2 Å². The molecule has 17 heavy (non-hydrogen) atoms. The topological polar surface area (TPSA) is 83.5 Å². The number of aromatic nitrogens is 1. The minimum Gasteiger partial charge on any atom is -0.409 e. The fourth-order valence-corrected chi connectivity index (χ4v) is 2.57. The maximum absolute atomic E-state index is 8.57. The molecule has 6 heteroatoms. The molecule has 1 fully saturated rings. The second-order valence-electron chi connectivity index (χ2n) is 4.73. The fourth-order valence-electron chi connectivity index (χ4n) is 1.96. The molecule has 1 heterocycles. The molecule has 0 bridgehead atoms. The van der Waals surface area contributed by atoms with Gasteiger partial charge in [-0.1, -0.05) is 5.16 Å². The highest BCUT2D eigenvalue weighted by Crippen LogP contribution is 2.48. The molecule has 0 radical (unpaired) electrons. The molecule has 0 aromatic carbocycles. The third kappa shape index (κ3) is 3.41. The summed E-state index contributed by atoms with van der Waals surface area (Å²) in [5, 5.41) is 18.2. The predicted molar refractivity (Wildman–Crippen MR) is 68.3 cm³/mol. The summed E-state index contributed by atoms with van der Waals surface area (Å²) in [6.07, 6.45) is 2.96. The van der Waals surface area contributed by atoms with Crippen molar-refractivity contribution in [3.05, 3.63) is 16.1 Å². The van der Waals surface area contributed by atoms with Crippen LogP contribution in [0.15, 0.2) is 10.5 Å². The number of rotatable bonds is 6. The molecule has 5 nitrogen and oxygen atoms in total. The van der Waals surface area contributed by atoms with E-state index < -0.39 is 0 Å². The van der Waals surface area contributed by atoms with E-state index in [1.807, 2.05) is 6.92 Å². The van der Waals surface area contributed by atoms with Gasteiger partial charge in [0, 0.05) is 24.9 Å². The van der Waals surface area contributed by atoms with Crippen LogP contribution in [0, 0.1) is 12.3 Å². The van der Waals surface area contributed by atoms with Gasteiger partial charge in [0.2, 0.25) is 0 Å². The van der Waals surface area contributed by atoms with Crippen LogP contribution in [0.3, 0.4) is 0 Å². The van der Waals surface area contributed by atoms with Gasteiger partial charge in [0.1, 0.15) is 5.84 Å².